The van der Waals surface area contributed by atoms with E-state index in [9.17, 15) is 0 Å². The molecule has 1 atom stereocenters. The lowest BCUT2D eigenvalue weighted by molar-refractivity contribution is 0.186. The molecule has 1 aliphatic heterocycles. The average molecular weight is 483 g/mol. The Morgan fingerprint density at radius 3 is 2.93 bits per heavy atom. The molecule has 0 aliphatic carbocycles. The minimum atomic E-state index is 0. The lowest BCUT2D eigenvalue weighted by Crippen LogP contribution is -2.40. The number of aliphatic imine (C=N–C) groups is 1. The summed E-state index contributed by atoms with van der Waals surface area (Å²) in [7, 11) is 0. The van der Waals surface area contributed by atoms with E-state index in [4.69, 9.17) is 4.99 Å². The molecule has 0 spiro atoms. The van der Waals surface area contributed by atoms with Gasteiger partial charge in [0.05, 0.1) is 0 Å². The Bertz CT molecular complexity index is 711. The first-order valence-electron chi connectivity index (χ1n) is 10.1. The fraction of sp³-hybridized carbons (Fsp3) is 0.571. The van der Waals surface area contributed by atoms with Crippen LogP contribution in [0.5, 0.6) is 0 Å². The molecule has 0 bridgehead atoms. The predicted molar refractivity (Wildman–Crippen MR) is 126 cm³/mol. The zero-order valence-corrected chi connectivity index (χ0v) is 19.0. The van der Waals surface area contributed by atoms with Gasteiger partial charge in [0.2, 0.25) is 0 Å². The van der Waals surface area contributed by atoms with E-state index in [1.807, 2.05) is 0 Å². The van der Waals surface area contributed by atoms with Gasteiger partial charge in [-0.25, -0.2) is 0 Å². The van der Waals surface area contributed by atoms with Gasteiger partial charge in [-0.3, -0.25) is 4.99 Å². The van der Waals surface area contributed by atoms with E-state index >= 15 is 0 Å². The summed E-state index contributed by atoms with van der Waals surface area (Å²) in [6, 6.07) is 8.48. The highest BCUT2D eigenvalue weighted by Crippen LogP contribution is 2.18. The molecule has 2 aromatic rings. The molecule has 0 amide bonds. The van der Waals surface area contributed by atoms with Crippen LogP contribution >= 0.6 is 24.0 Å². The van der Waals surface area contributed by atoms with E-state index in [0.29, 0.717) is 5.92 Å². The van der Waals surface area contributed by atoms with Gasteiger partial charge in [-0.05, 0) is 56.8 Å². The number of benzene rings is 1. The number of nitrogens with zero attached hydrogens (tertiary/aromatic N) is 2. The van der Waals surface area contributed by atoms with E-state index in [1.54, 1.807) is 0 Å². The zero-order valence-electron chi connectivity index (χ0n) is 16.6. The van der Waals surface area contributed by atoms with Crippen molar-refractivity contribution in [3.05, 3.63) is 36.0 Å². The van der Waals surface area contributed by atoms with Gasteiger partial charge < -0.3 is 20.5 Å². The normalized spacial score (nSPS) is 18.3. The minimum Gasteiger partial charge on any atom is -0.361 e. The molecule has 1 aromatic heterocycles. The highest BCUT2D eigenvalue weighted by Gasteiger charge is 2.18. The molecule has 1 aliphatic rings. The van der Waals surface area contributed by atoms with Gasteiger partial charge in [-0.2, -0.15) is 0 Å². The molecule has 0 saturated carbocycles. The first-order chi connectivity index (χ1) is 12.8. The third-order valence-corrected chi connectivity index (χ3v) is 5.26. The molecule has 1 aromatic carbocycles. The average Bonchev–Trinajstić information content (AvgIpc) is 3.09. The zero-order chi connectivity index (χ0) is 18.2. The summed E-state index contributed by atoms with van der Waals surface area (Å²) in [5, 5.41) is 8.20. The molecule has 27 heavy (non-hydrogen) atoms. The van der Waals surface area contributed by atoms with Crippen LogP contribution in [0, 0.1) is 5.92 Å². The number of hydrogen-bond acceptors (Lipinski definition) is 2. The topological polar surface area (TPSA) is 55.5 Å². The molecule has 0 radical (unpaired) electrons. The first kappa shape index (κ1) is 22.0. The van der Waals surface area contributed by atoms with Crippen molar-refractivity contribution >= 4 is 40.8 Å². The highest BCUT2D eigenvalue weighted by molar-refractivity contribution is 14.0. The van der Waals surface area contributed by atoms with Crippen molar-refractivity contribution < 1.29 is 0 Å². The number of hydrogen-bond donors (Lipinski definition) is 3. The Morgan fingerprint density at radius 2 is 2.11 bits per heavy atom. The van der Waals surface area contributed by atoms with E-state index in [1.165, 1.54) is 42.4 Å². The Balaban J connectivity index is 0.00000261. The molecule has 3 rings (SSSR count). The number of rotatable bonds is 7. The SMILES string of the molecule is CCNC(=NCC1CCCN(CC)C1)NCCc1c[nH]c2ccccc12.I. The lowest BCUT2D eigenvalue weighted by atomic mass is 9.98. The van der Waals surface area contributed by atoms with Gasteiger partial charge in [0.25, 0.3) is 0 Å². The van der Waals surface area contributed by atoms with Gasteiger partial charge in [-0.1, -0.05) is 25.1 Å². The van der Waals surface area contributed by atoms with E-state index in [2.05, 4.69) is 64.8 Å². The van der Waals surface area contributed by atoms with Gasteiger partial charge in [-0.15, -0.1) is 24.0 Å². The lowest BCUT2D eigenvalue weighted by Gasteiger charge is -2.31. The Morgan fingerprint density at radius 1 is 1.26 bits per heavy atom. The summed E-state index contributed by atoms with van der Waals surface area (Å²) in [6.45, 7) is 10.7. The summed E-state index contributed by atoms with van der Waals surface area (Å²) in [6.07, 6.45) is 5.71. The third kappa shape index (κ3) is 6.38. The van der Waals surface area contributed by atoms with Gasteiger partial charge >= 0.3 is 0 Å². The van der Waals surface area contributed by atoms with E-state index < -0.39 is 0 Å². The summed E-state index contributed by atoms with van der Waals surface area (Å²) in [4.78, 5) is 10.7. The van der Waals surface area contributed by atoms with Crippen LogP contribution in [0.1, 0.15) is 32.3 Å². The number of piperidine rings is 1. The molecule has 1 saturated heterocycles. The molecule has 1 fully saturated rings. The quantitative estimate of drug-likeness (QED) is 0.321. The van der Waals surface area contributed by atoms with Crippen molar-refractivity contribution in [2.24, 2.45) is 10.9 Å². The second-order valence-electron chi connectivity index (χ2n) is 7.16. The van der Waals surface area contributed by atoms with Gasteiger partial charge in [0.1, 0.15) is 0 Å². The third-order valence-electron chi connectivity index (χ3n) is 5.26. The highest BCUT2D eigenvalue weighted by atomic mass is 127. The Labute approximate surface area is 180 Å². The summed E-state index contributed by atoms with van der Waals surface area (Å²) in [5.41, 5.74) is 2.57. The predicted octanol–water partition coefficient (Wildman–Crippen LogP) is 3.62. The maximum Gasteiger partial charge on any atom is 0.191 e. The minimum absolute atomic E-state index is 0. The molecule has 3 N–H and O–H groups in total. The molecule has 2 heterocycles. The Hall–Kier alpha value is -1.28. The second-order valence-corrected chi connectivity index (χ2v) is 7.16. The molecule has 6 heteroatoms. The van der Waals surface area contributed by atoms with Crippen LogP contribution in [-0.4, -0.2) is 55.1 Å². The maximum atomic E-state index is 4.85. The van der Waals surface area contributed by atoms with Crippen molar-refractivity contribution in [1.82, 2.24) is 20.5 Å². The van der Waals surface area contributed by atoms with Crippen molar-refractivity contribution in [3.63, 3.8) is 0 Å². The van der Waals surface area contributed by atoms with E-state index in [-0.39, 0.29) is 24.0 Å². The number of likely N-dealkylation sites (tertiary alicyclic amines) is 1. The van der Waals surface area contributed by atoms with Crippen LogP contribution in [0.4, 0.5) is 0 Å². The van der Waals surface area contributed by atoms with Crippen LogP contribution in [-0.2, 0) is 6.42 Å². The smallest absolute Gasteiger partial charge is 0.191 e. The number of para-hydroxylation sites is 1. The van der Waals surface area contributed by atoms with Crippen molar-refractivity contribution in [2.45, 2.75) is 33.1 Å². The van der Waals surface area contributed by atoms with Crippen LogP contribution in [0.3, 0.4) is 0 Å². The standard InChI is InChI=1S/C21H33N5.HI/c1-3-22-21(25-14-17-8-7-13-26(4-2)16-17)23-12-11-18-15-24-20-10-6-5-9-19(18)20;/h5-6,9-10,15,17,24H,3-4,7-8,11-14,16H2,1-2H3,(H2,22,23,25);1H. The summed E-state index contributed by atoms with van der Waals surface area (Å²) >= 11 is 0. The van der Waals surface area contributed by atoms with Crippen molar-refractivity contribution in [3.8, 4) is 0 Å². The number of halogens is 1. The van der Waals surface area contributed by atoms with Gasteiger partial charge in [0.15, 0.2) is 5.96 Å². The van der Waals surface area contributed by atoms with Crippen molar-refractivity contribution in [2.75, 3.05) is 39.3 Å². The summed E-state index contributed by atoms with van der Waals surface area (Å²) < 4.78 is 0. The van der Waals surface area contributed by atoms with Crippen LogP contribution in [0.15, 0.2) is 35.5 Å². The second kappa shape index (κ2) is 11.5. The number of fused-ring (bicyclic) bond motifs is 1. The Kier molecular flexibility index (Phi) is 9.41. The monoisotopic (exact) mass is 483 g/mol. The van der Waals surface area contributed by atoms with Crippen molar-refractivity contribution in [1.29, 1.82) is 0 Å². The number of nitrogens with one attached hydrogen (secondary N) is 3. The summed E-state index contributed by atoms with van der Waals surface area (Å²) in [5.74, 6) is 1.63. The number of H-pyrrole nitrogens is 1. The number of guanidine groups is 1. The molecular formula is C21H34IN5. The fourth-order valence-corrected chi connectivity index (χ4v) is 3.80. The van der Waals surface area contributed by atoms with E-state index in [0.717, 1.165) is 38.6 Å². The van der Waals surface area contributed by atoms with Crippen LogP contribution in [0.2, 0.25) is 0 Å². The molecular weight excluding hydrogens is 449 g/mol. The molecule has 150 valence electrons. The largest absolute Gasteiger partial charge is 0.361 e. The van der Waals surface area contributed by atoms with Gasteiger partial charge in [0, 0.05) is 43.3 Å². The van der Waals surface area contributed by atoms with Crippen LogP contribution in [0.25, 0.3) is 10.9 Å². The maximum absolute atomic E-state index is 4.85. The molecule has 5 nitrogen and oxygen atoms in total. The molecule has 1 unspecified atom stereocenters. The van der Waals surface area contributed by atoms with Crippen LogP contribution < -0.4 is 10.6 Å². The number of aromatic nitrogens is 1. The first-order valence-corrected chi connectivity index (χ1v) is 10.1. The fourth-order valence-electron chi connectivity index (χ4n) is 3.80. The number of aromatic amines is 1.